The molecule has 0 bridgehead atoms. The van der Waals surface area contributed by atoms with Crippen LogP contribution in [0.2, 0.25) is 0 Å². The predicted molar refractivity (Wildman–Crippen MR) is 105 cm³/mol. The molecule has 4 heterocycles. The van der Waals surface area contributed by atoms with E-state index in [1.54, 1.807) is 22.7 Å². The maximum atomic E-state index is 13.0. The van der Waals surface area contributed by atoms with Crippen LogP contribution in [0.15, 0.2) is 42.0 Å². The summed E-state index contributed by atoms with van der Waals surface area (Å²) in [5.41, 5.74) is 1.87. The molecule has 5 rings (SSSR count). The van der Waals surface area contributed by atoms with Gasteiger partial charge in [-0.1, -0.05) is 12.1 Å². The molecule has 1 aliphatic heterocycles. The lowest BCUT2D eigenvalue weighted by atomic mass is 10.0. The van der Waals surface area contributed by atoms with E-state index < -0.39 is 0 Å². The second-order valence-electron chi connectivity index (χ2n) is 6.62. The highest BCUT2D eigenvalue weighted by atomic mass is 32.1. The zero-order chi connectivity index (χ0) is 17.5. The molecular weight excluding hydrogens is 364 g/mol. The molecule has 3 aromatic heterocycles. The van der Waals surface area contributed by atoms with Crippen molar-refractivity contribution in [2.45, 2.75) is 31.7 Å². The van der Waals surface area contributed by atoms with Crippen molar-refractivity contribution in [3.8, 4) is 0 Å². The SMILES string of the molecule is O=C(Cc1cn2ccsc2n1)N1CCCC[C@H]1c1nc2ccccc2s1. The summed E-state index contributed by atoms with van der Waals surface area (Å²) in [5, 5.41) is 3.06. The molecule has 1 aliphatic rings. The topological polar surface area (TPSA) is 50.5 Å². The number of likely N-dealkylation sites (tertiary alicyclic amines) is 1. The van der Waals surface area contributed by atoms with E-state index in [0.29, 0.717) is 6.42 Å². The van der Waals surface area contributed by atoms with E-state index in [4.69, 9.17) is 4.98 Å². The number of nitrogens with zero attached hydrogens (tertiary/aromatic N) is 4. The Morgan fingerprint density at radius 3 is 3.04 bits per heavy atom. The van der Waals surface area contributed by atoms with Gasteiger partial charge in [0.2, 0.25) is 5.91 Å². The molecule has 4 aromatic rings. The lowest BCUT2D eigenvalue weighted by Crippen LogP contribution is -2.39. The Morgan fingerprint density at radius 2 is 2.15 bits per heavy atom. The van der Waals surface area contributed by atoms with Gasteiger partial charge in [-0.15, -0.1) is 22.7 Å². The Balaban J connectivity index is 1.41. The second kappa shape index (κ2) is 6.48. The average molecular weight is 383 g/mol. The van der Waals surface area contributed by atoms with E-state index in [2.05, 4.69) is 11.1 Å². The van der Waals surface area contributed by atoms with Crippen LogP contribution in [0.1, 0.15) is 36.0 Å². The van der Waals surface area contributed by atoms with E-state index in [1.165, 1.54) is 4.70 Å². The van der Waals surface area contributed by atoms with Crippen LogP contribution in [0.25, 0.3) is 15.2 Å². The largest absolute Gasteiger partial charge is 0.333 e. The van der Waals surface area contributed by atoms with E-state index in [0.717, 1.165) is 47.0 Å². The van der Waals surface area contributed by atoms with Crippen molar-refractivity contribution in [2.24, 2.45) is 0 Å². The first-order valence-corrected chi connectivity index (χ1v) is 10.5. The van der Waals surface area contributed by atoms with Crippen molar-refractivity contribution in [2.75, 3.05) is 6.54 Å². The molecule has 5 nitrogen and oxygen atoms in total. The minimum atomic E-state index is 0.0948. The van der Waals surface area contributed by atoms with Gasteiger partial charge in [-0.05, 0) is 31.4 Å². The Hall–Kier alpha value is -2.25. The number of hydrogen-bond acceptors (Lipinski definition) is 5. The summed E-state index contributed by atoms with van der Waals surface area (Å²) in [5.74, 6) is 0.153. The first-order chi connectivity index (χ1) is 12.8. The second-order valence-corrected chi connectivity index (χ2v) is 8.56. The maximum Gasteiger partial charge on any atom is 0.229 e. The molecule has 7 heteroatoms. The van der Waals surface area contributed by atoms with E-state index in [-0.39, 0.29) is 11.9 Å². The molecule has 0 unspecified atom stereocenters. The van der Waals surface area contributed by atoms with Gasteiger partial charge in [-0.3, -0.25) is 9.20 Å². The molecule has 0 radical (unpaired) electrons. The van der Waals surface area contributed by atoms with Crippen molar-refractivity contribution in [1.29, 1.82) is 0 Å². The van der Waals surface area contributed by atoms with Crippen LogP contribution in [0.5, 0.6) is 0 Å². The van der Waals surface area contributed by atoms with Crippen molar-refractivity contribution in [3.63, 3.8) is 0 Å². The average Bonchev–Trinajstić information content (AvgIpc) is 3.35. The number of hydrogen-bond donors (Lipinski definition) is 0. The van der Waals surface area contributed by atoms with Crippen molar-refractivity contribution < 1.29 is 4.79 Å². The fourth-order valence-electron chi connectivity index (χ4n) is 3.64. The Kier molecular flexibility index (Phi) is 3.98. The van der Waals surface area contributed by atoms with Gasteiger partial charge < -0.3 is 4.90 Å². The Morgan fingerprint density at radius 1 is 1.23 bits per heavy atom. The quantitative estimate of drug-likeness (QED) is 0.531. The van der Waals surface area contributed by atoms with Gasteiger partial charge >= 0.3 is 0 Å². The zero-order valence-electron chi connectivity index (χ0n) is 14.2. The maximum absolute atomic E-state index is 13.0. The number of para-hydroxylation sites is 1. The first-order valence-electron chi connectivity index (χ1n) is 8.84. The molecule has 1 atom stereocenters. The third-order valence-electron chi connectivity index (χ3n) is 4.89. The number of fused-ring (bicyclic) bond motifs is 2. The standard InChI is InChI=1S/C19H18N4OS2/c24-17(11-13-12-22-9-10-25-19(22)20-13)23-8-4-3-6-15(23)18-21-14-5-1-2-7-16(14)26-18/h1-2,5,7,9-10,12,15H,3-4,6,8,11H2/t15-/m0/s1. The third kappa shape index (κ3) is 2.81. The van der Waals surface area contributed by atoms with Crippen molar-refractivity contribution in [3.05, 3.63) is 52.7 Å². The van der Waals surface area contributed by atoms with Gasteiger partial charge in [0.05, 0.1) is 28.4 Å². The summed E-state index contributed by atoms with van der Waals surface area (Å²) in [6.45, 7) is 0.807. The van der Waals surface area contributed by atoms with Gasteiger partial charge in [-0.25, -0.2) is 9.97 Å². The number of aromatic nitrogens is 3. The highest BCUT2D eigenvalue weighted by Gasteiger charge is 2.30. The summed E-state index contributed by atoms with van der Waals surface area (Å²) < 4.78 is 3.17. The number of piperidine rings is 1. The van der Waals surface area contributed by atoms with Crippen LogP contribution in [-0.2, 0) is 11.2 Å². The lowest BCUT2D eigenvalue weighted by Gasteiger charge is -2.34. The fraction of sp³-hybridized carbons (Fsp3) is 0.316. The normalized spacial score (nSPS) is 18.0. The van der Waals surface area contributed by atoms with Gasteiger partial charge in [0.15, 0.2) is 4.96 Å². The number of amides is 1. The van der Waals surface area contributed by atoms with E-state index in [1.807, 2.05) is 45.3 Å². The van der Waals surface area contributed by atoms with Crippen LogP contribution in [0.4, 0.5) is 0 Å². The first kappa shape index (κ1) is 16.0. The minimum absolute atomic E-state index is 0.0948. The van der Waals surface area contributed by atoms with Gasteiger partial charge in [-0.2, -0.15) is 0 Å². The molecular formula is C19H18N4OS2. The van der Waals surface area contributed by atoms with Crippen LogP contribution in [-0.4, -0.2) is 31.7 Å². The lowest BCUT2D eigenvalue weighted by molar-refractivity contribution is -0.134. The molecule has 0 N–H and O–H groups in total. The highest BCUT2D eigenvalue weighted by Crippen LogP contribution is 2.35. The molecule has 1 fully saturated rings. The molecule has 0 saturated carbocycles. The van der Waals surface area contributed by atoms with Gasteiger partial charge in [0, 0.05) is 24.3 Å². The molecule has 1 amide bonds. The minimum Gasteiger partial charge on any atom is -0.333 e. The summed E-state index contributed by atoms with van der Waals surface area (Å²) in [6.07, 6.45) is 7.49. The highest BCUT2D eigenvalue weighted by molar-refractivity contribution is 7.18. The number of carbonyl (C=O) groups is 1. The molecule has 0 spiro atoms. The van der Waals surface area contributed by atoms with E-state index >= 15 is 0 Å². The number of rotatable bonds is 3. The summed E-state index contributed by atoms with van der Waals surface area (Å²) in [4.78, 5) is 25.4. The third-order valence-corrected chi connectivity index (χ3v) is 6.80. The van der Waals surface area contributed by atoms with Crippen LogP contribution in [0.3, 0.4) is 0 Å². The molecule has 1 saturated heterocycles. The van der Waals surface area contributed by atoms with Crippen molar-refractivity contribution >= 4 is 43.8 Å². The molecule has 1 aromatic carbocycles. The van der Waals surface area contributed by atoms with Crippen LogP contribution >= 0.6 is 22.7 Å². The molecule has 0 aliphatic carbocycles. The van der Waals surface area contributed by atoms with E-state index in [9.17, 15) is 4.79 Å². The van der Waals surface area contributed by atoms with Gasteiger partial charge in [0.25, 0.3) is 0 Å². The molecule has 132 valence electrons. The van der Waals surface area contributed by atoms with Crippen LogP contribution < -0.4 is 0 Å². The summed E-state index contributed by atoms with van der Waals surface area (Å²) in [7, 11) is 0. The smallest absolute Gasteiger partial charge is 0.229 e. The number of benzene rings is 1. The number of carbonyl (C=O) groups excluding carboxylic acids is 1. The summed E-state index contributed by atoms with van der Waals surface area (Å²) >= 11 is 3.30. The Labute approximate surface area is 158 Å². The summed E-state index contributed by atoms with van der Waals surface area (Å²) in [6, 6.07) is 8.29. The number of thiazole rings is 2. The van der Waals surface area contributed by atoms with Crippen molar-refractivity contribution in [1.82, 2.24) is 19.3 Å². The van der Waals surface area contributed by atoms with Gasteiger partial charge in [0.1, 0.15) is 5.01 Å². The van der Waals surface area contributed by atoms with Crippen LogP contribution in [0, 0.1) is 0 Å². The Bertz CT molecular complexity index is 1020. The predicted octanol–water partition coefficient (Wildman–Crippen LogP) is 4.30. The fourth-order valence-corrected chi connectivity index (χ4v) is 5.47. The molecule has 26 heavy (non-hydrogen) atoms. The number of imidazole rings is 1. The monoisotopic (exact) mass is 382 g/mol. The zero-order valence-corrected chi connectivity index (χ0v) is 15.8.